The van der Waals surface area contributed by atoms with Gasteiger partial charge in [0.1, 0.15) is 6.61 Å². The maximum Gasteiger partial charge on any atom is 0.245 e. The zero-order chi connectivity index (χ0) is 4.24. The molecule has 1 rings (SSSR count). The van der Waals surface area contributed by atoms with E-state index in [-0.39, 0.29) is 0 Å². The quantitative estimate of drug-likeness (QED) is 0.393. The lowest BCUT2D eigenvalue weighted by Crippen LogP contribution is -2.10. The molecule has 1 aliphatic heterocycles. The SMILES string of the molecule is [CH]1OCCOO1. The zero-order valence-electron chi connectivity index (χ0n) is 3.22. The van der Waals surface area contributed by atoms with Crippen LogP contribution in [0, 0.1) is 6.79 Å². The molecule has 3 nitrogen and oxygen atoms in total. The van der Waals surface area contributed by atoms with E-state index in [1.54, 1.807) is 0 Å². The molecule has 0 bridgehead atoms. The third-order valence-electron chi connectivity index (χ3n) is 0.460. The van der Waals surface area contributed by atoms with Crippen LogP contribution in [-0.2, 0) is 14.5 Å². The summed E-state index contributed by atoms with van der Waals surface area (Å²) >= 11 is 0. The summed E-state index contributed by atoms with van der Waals surface area (Å²) in [5, 5.41) is 0. The summed E-state index contributed by atoms with van der Waals surface area (Å²) in [6.07, 6.45) is 0. The van der Waals surface area contributed by atoms with Gasteiger partial charge in [0.15, 0.2) is 0 Å². The third kappa shape index (κ3) is 0.931. The molecule has 1 heterocycles. The minimum absolute atomic E-state index is 0.524. The van der Waals surface area contributed by atoms with Gasteiger partial charge in [-0.2, -0.15) is 4.89 Å². The molecule has 1 aliphatic rings. The number of ether oxygens (including phenoxy) is 1. The minimum atomic E-state index is 0.524. The highest BCUT2D eigenvalue weighted by Gasteiger charge is 1.96. The van der Waals surface area contributed by atoms with Crippen LogP contribution in [0.15, 0.2) is 0 Å². The molecule has 0 atom stereocenters. The molecule has 0 unspecified atom stereocenters. The third-order valence-corrected chi connectivity index (χ3v) is 0.460. The first kappa shape index (κ1) is 4.05. The number of hydrogen-bond acceptors (Lipinski definition) is 3. The summed E-state index contributed by atoms with van der Waals surface area (Å²) in [7, 11) is 0. The van der Waals surface area contributed by atoms with Crippen LogP contribution in [0.2, 0.25) is 0 Å². The topological polar surface area (TPSA) is 27.7 Å². The van der Waals surface area contributed by atoms with E-state index in [0.717, 1.165) is 0 Å². The molecule has 0 aliphatic carbocycles. The van der Waals surface area contributed by atoms with Crippen molar-refractivity contribution >= 4 is 0 Å². The van der Waals surface area contributed by atoms with Gasteiger partial charge in [0.2, 0.25) is 6.79 Å². The van der Waals surface area contributed by atoms with Crippen molar-refractivity contribution in [2.75, 3.05) is 13.2 Å². The summed E-state index contributed by atoms with van der Waals surface area (Å²) in [5.74, 6) is 0. The molecular formula is C3H5O3. The molecule has 0 N–H and O–H groups in total. The molecule has 0 spiro atoms. The Bertz CT molecular complexity index is 21.5. The van der Waals surface area contributed by atoms with E-state index >= 15 is 0 Å². The lowest BCUT2D eigenvalue weighted by molar-refractivity contribution is -0.335. The Morgan fingerprint density at radius 1 is 1.33 bits per heavy atom. The van der Waals surface area contributed by atoms with Crippen LogP contribution in [0.5, 0.6) is 0 Å². The molecule has 6 heavy (non-hydrogen) atoms. The number of rotatable bonds is 0. The average molecular weight is 89.1 g/mol. The first-order chi connectivity index (χ1) is 3.00. The normalized spacial score (nSPS) is 24.0. The summed E-state index contributed by atoms with van der Waals surface area (Å²) in [6.45, 7) is 2.29. The Kier molecular flexibility index (Phi) is 1.43. The van der Waals surface area contributed by atoms with Crippen molar-refractivity contribution in [2.45, 2.75) is 0 Å². The zero-order valence-corrected chi connectivity index (χ0v) is 3.22. The van der Waals surface area contributed by atoms with Crippen LogP contribution in [0.3, 0.4) is 0 Å². The van der Waals surface area contributed by atoms with Crippen molar-refractivity contribution in [2.24, 2.45) is 0 Å². The molecule has 1 radical (unpaired) electrons. The Balaban J connectivity index is 2.00. The summed E-state index contributed by atoms with van der Waals surface area (Å²) in [6, 6.07) is 0. The van der Waals surface area contributed by atoms with Crippen molar-refractivity contribution in [3.8, 4) is 0 Å². The predicted molar refractivity (Wildman–Crippen MR) is 17.3 cm³/mol. The Morgan fingerprint density at radius 2 is 2.33 bits per heavy atom. The fourth-order valence-corrected chi connectivity index (χ4v) is 0.234. The Morgan fingerprint density at radius 3 is 2.50 bits per heavy atom. The van der Waals surface area contributed by atoms with E-state index in [0.29, 0.717) is 13.2 Å². The van der Waals surface area contributed by atoms with Gasteiger partial charge in [-0.05, 0) is 0 Å². The van der Waals surface area contributed by atoms with Crippen molar-refractivity contribution in [3.05, 3.63) is 6.79 Å². The second kappa shape index (κ2) is 2.12. The maximum absolute atomic E-state index is 4.60. The van der Waals surface area contributed by atoms with Gasteiger partial charge in [-0.1, -0.05) is 0 Å². The van der Waals surface area contributed by atoms with Crippen LogP contribution in [0.25, 0.3) is 0 Å². The van der Waals surface area contributed by atoms with Gasteiger partial charge in [-0.3, -0.25) is 0 Å². The Labute approximate surface area is 35.7 Å². The van der Waals surface area contributed by atoms with Crippen LogP contribution in [0.1, 0.15) is 0 Å². The van der Waals surface area contributed by atoms with Crippen LogP contribution in [-0.4, -0.2) is 13.2 Å². The maximum atomic E-state index is 4.60. The van der Waals surface area contributed by atoms with Gasteiger partial charge in [-0.15, -0.1) is 0 Å². The first-order valence-electron chi connectivity index (χ1n) is 1.72. The second-order valence-corrected chi connectivity index (χ2v) is 0.885. The van der Waals surface area contributed by atoms with Gasteiger partial charge < -0.3 is 4.74 Å². The fraction of sp³-hybridized carbons (Fsp3) is 0.667. The van der Waals surface area contributed by atoms with Gasteiger partial charge in [0, 0.05) is 0 Å². The molecule has 1 saturated heterocycles. The van der Waals surface area contributed by atoms with Crippen molar-refractivity contribution in [1.29, 1.82) is 0 Å². The second-order valence-electron chi connectivity index (χ2n) is 0.885. The lowest BCUT2D eigenvalue weighted by atomic mass is 10.8. The predicted octanol–water partition coefficient (Wildman–Crippen LogP) is 0.0841. The van der Waals surface area contributed by atoms with E-state index in [2.05, 4.69) is 14.5 Å². The minimum Gasteiger partial charge on any atom is -0.343 e. The standard InChI is InChI=1S/C3H5O3/c1-2-5-6-3-4-1/h3H,1-2H2. The van der Waals surface area contributed by atoms with Crippen LogP contribution >= 0.6 is 0 Å². The molecular weight excluding hydrogens is 84.0 g/mol. The van der Waals surface area contributed by atoms with E-state index in [1.807, 2.05) is 0 Å². The van der Waals surface area contributed by atoms with E-state index in [4.69, 9.17) is 0 Å². The average Bonchev–Trinajstić information content (AvgIpc) is 1.72. The fourth-order valence-electron chi connectivity index (χ4n) is 0.234. The van der Waals surface area contributed by atoms with Crippen LogP contribution < -0.4 is 0 Å². The van der Waals surface area contributed by atoms with Gasteiger partial charge in [0.25, 0.3) is 0 Å². The number of hydrogen-bond donors (Lipinski definition) is 0. The van der Waals surface area contributed by atoms with Crippen molar-refractivity contribution in [3.63, 3.8) is 0 Å². The molecule has 35 valence electrons. The van der Waals surface area contributed by atoms with Crippen molar-refractivity contribution in [1.82, 2.24) is 0 Å². The highest BCUT2D eigenvalue weighted by Crippen LogP contribution is 1.92. The first-order valence-corrected chi connectivity index (χ1v) is 1.72. The van der Waals surface area contributed by atoms with E-state index in [1.165, 1.54) is 6.79 Å². The molecule has 0 saturated carbocycles. The Hall–Kier alpha value is -0.120. The summed E-state index contributed by atoms with van der Waals surface area (Å²) in [4.78, 5) is 8.61. The molecule has 0 aromatic rings. The van der Waals surface area contributed by atoms with Gasteiger partial charge in [-0.25, -0.2) is 4.89 Å². The molecule has 0 amide bonds. The molecule has 0 aromatic carbocycles. The van der Waals surface area contributed by atoms with E-state index < -0.39 is 0 Å². The van der Waals surface area contributed by atoms with Crippen molar-refractivity contribution < 1.29 is 14.5 Å². The summed E-state index contributed by atoms with van der Waals surface area (Å²) in [5.41, 5.74) is 0. The molecule has 0 aromatic heterocycles. The van der Waals surface area contributed by atoms with Crippen LogP contribution in [0.4, 0.5) is 0 Å². The van der Waals surface area contributed by atoms with Gasteiger partial charge >= 0.3 is 0 Å². The summed E-state index contributed by atoms with van der Waals surface area (Å²) < 4.78 is 4.60. The highest BCUT2D eigenvalue weighted by molar-refractivity contribution is 4.30. The van der Waals surface area contributed by atoms with Gasteiger partial charge in [0.05, 0.1) is 6.61 Å². The smallest absolute Gasteiger partial charge is 0.245 e. The highest BCUT2D eigenvalue weighted by atomic mass is 17.2. The molecule has 3 heteroatoms. The van der Waals surface area contributed by atoms with E-state index in [9.17, 15) is 0 Å². The monoisotopic (exact) mass is 89.0 g/mol. The lowest BCUT2D eigenvalue weighted by Gasteiger charge is -2.07. The molecule has 1 fully saturated rings. The largest absolute Gasteiger partial charge is 0.343 e.